The van der Waals surface area contributed by atoms with Gasteiger partial charge in [0, 0.05) is 6.54 Å². The Morgan fingerprint density at radius 1 is 1.29 bits per heavy atom. The molecule has 0 saturated heterocycles. The number of hydrogen-bond acceptors (Lipinski definition) is 5. The Hall–Kier alpha value is -1.27. The first-order valence-corrected chi connectivity index (χ1v) is 7.99. The monoisotopic (exact) mass is 308 g/mol. The third-order valence-electron chi connectivity index (χ3n) is 4.00. The average molecular weight is 308 g/mol. The Bertz CT molecular complexity index is 501. The van der Waals surface area contributed by atoms with Gasteiger partial charge in [-0.25, -0.2) is 0 Å². The van der Waals surface area contributed by atoms with Crippen LogP contribution in [-0.2, 0) is 4.74 Å². The number of aryl methyl sites for hydroxylation is 1. The van der Waals surface area contributed by atoms with Crippen LogP contribution in [0.1, 0.15) is 48.9 Å². The van der Waals surface area contributed by atoms with E-state index in [1.54, 1.807) is 0 Å². The van der Waals surface area contributed by atoms with E-state index in [2.05, 4.69) is 15.5 Å². The van der Waals surface area contributed by atoms with E-state index < -0.39 is 0 Å². The molecule has 1 fully saturated rings. The van der Waals surface area contributed by atoms with Gasteiger partial charge in [-0.2, -0.15) is 5.10 Å². The predicted octanol–water partition coefficient (Wildman–Crippen LogP) is 2.49. The number of rotatable bonds is 6. The molecule has 1 aliphatic rings. The second-order valence-corrected chi connectivity index (χ2v) is 6.00. The predicted molar refractivity (Wildman–Crippen MR) is 88.7 cm³/mol. The van der Waals surface area contributed by atoms with Crippen molar-refractivity contribution in [3.8, 4) is 0 Å². The smallest absolute Gasteiger partial charge is 0.159 e. The number of nitrogens with zero attached hydrogens (tertiary/aromatic N) is 2. The molecule has 0 atom stereocenters. The molecule has 0 aromatic carbocycles. The lowest BCUT2D eigenvalue weighted by Gasteiger charge is -2.22. The van der Waals surface area contributed by atoms with E-state index in [4.69, 9.17) is 22.7 Å². The fraction of sp³-hybridized carbons (Fsp3) is 0.667. The molecule has 1 aromatic heterocycles. The fourth-order valence-corrected chi connectivity index (χ4v) is 2.91. The Morgan fingerprint density at radius 2 is 2.00 bits per heavy atom. The summed E-state index contributed by atoms with van der Waals surface area (Å²) in [4.78, 5) is 0.348. The topological polar surface area (TPSA) is 73.1 Å². The second-order valence-electron chi connectivity index (χ2n) is 5.56. The van der Waals surface area contributed by atoms with E-state index in [1.807, 2.05) is 13.8 Å². The van der Waals surface area contributed by atoms with Gasteiger partial charge in [-0.1, -0.05) is 31.5 Å². The molecule has 0 bridgehead atoms. The molecule has 1 heterocycles. The minimum absolute atomic E-state index is 0.348. The summed E-state index contributed by atoms with van der Waals surface area (Å²) in [5.41, 5.74) is 8.41. The summed E-state index contributed by atoms with van der Waals surface area (Å²) in [5.74, 6) is 0.651. The van der Waals surface area contributed by atoms with Crippen LogP contribution in [0.2, 0.25) is 0 Å². The fourth-order valence-electron chi connectivity index (χ4n) is 2.66. The summed E-state index contributed by atoms with van der Waals surface area (Å²) >= 11 is 5.12. The summed E-state index contributed by atoms with van der Waals surface area (Å²) in [7, 11) is 0. The van der Waals surface area contributed by atoms with Gasteiger partial charge in [-0.15, -0.1) is 5.10 Å². The van der Waals surface area contributed by atoms with E-state index >= 15 is 0 Å². The van der Waals surface area contributed by atoms with Crippen molar-refractivity contribution >= 4 is 23.0 Å². The van der Waals surface area contributed by atoms with E-state index in [9.17, 15) is 0 Å². The first-order chi connectivity index (χ1) is 10.1. The minimum Gasteiger partial charge on any atom is -0.389 e. The molecule has 0 spiro atoms. The zero-order valence-electron chi connectivity index (χ0n) is 12.8. The third-order valence-corrected chi connectivity index (χ3v) is 4.21. The lowest BCUT2D eigenvalue weighted by molar-refractivity contribution is 0.0347. The lowest BCUT2D eigenvalue weighted by Crippen LogP contribution is -2.23. The molecule has 0 aliphatic heterocycles. The Balaban J connectivity index is 1.88. The number of nitrogens with two attached hydrogens (primary N) is 1. The van der Waals surface area contributed by atoms with Crippen LogP contribution >= 0.6 is 12.2 Å². The highest BCUT2D eigenvalue weighted by atomic mass is 32.1. The van der Waals surface area contributed by atoms with E-state index in [1.165, 1.54) is 32.1 Å². The number of ether oxygens (including phenoxy) is 1. The summed E-state index contributed by atoms with van der Waals surface area (Å²) in [6, 6.07) is 0. The molecule has 6 heteroatoms. The molecule has 21 heavy (non-hydrogen) atoms. The van der Waals surface area contributed by atoms with Crippen molar-refractivity contribution in [3.63, 3.8) is 0 Å². The molecule has 0 unspecified atom stereocenters. The Labute approximate surface area is 131 Å². The van der Waals surface area contributed by atoms with Crippen molar-refractivity contribution in [2.45, 2.75) is 52.1 Å². The van der Waals surface area contributed by atoms with Crippen molar-refractivity contribution in [1.29, 1.82) is 0 Å². The standard InChI is InChI=1S/C15H24N4OS/c1-10-11(2)18-19-15(13(10)14(16)21)17-8-9-20-12-6-4-3-5-7-12/h12H,3-9H2,1-2H3,(H2,16,21)(H,17,19). The normalized spacial score (nSPS) is 15.9. The summed E-state index contributed by atoms with van der Waals surface area (Å²) in [6.07, 6.45) is 6.69. The van der Waals surface area contributed by atoms with Crippen molar-refractivity contribution in [2.24, 2.45) is 5.73 Å². The number of thiocarbonyl (C=S) groups is 1. The van der Waals surface area contributed by atoms with Crippen LogP contribution in [0.4, 0.5) is 5.82 Å². The van der Waals surface area contributed by atoms with Gasteiger partial charge in [0.15, 0.2) is 5.82 Å². The average Bonchev–Trinajstić information content (AvgIpc) is 2.48. The molecule has 3 N–H and O–H groups in total. The van der Waals surface area contributed by atoms with Crippen LogP contribution in [0.15, 0.2) is 0 Å². The maximum absolute atomic E-state index is 5.88. The summed E-state index contributed by atoms with van der Waals surface area (Å²) in [5, 5.41) is 11.5. The number of nitrogens with one attached hydrogen (secondary N) is 1. The van der Waals surface area contributed by atoms with Gasteiger partial charge in [-0.05, 0) is 32.3 Å². The summed E-state index contributed by atoms with van der Waals surface area (Å²) < 4.78 is 5.88. The molecule has 1 saturated carbocycles. The zero-order chi connectivity index (χ0) is 15.2. The van der Waals surface area contributed by atoms with Crippen LogP contribution in [0.25, 0.3) is 0 Å². The maximum atomic E-state index is 5.88. The van der Waals surface area contributed by atoms with Crippen LogP contribution in [0.5, 0.6) is 0 Å². The van der Waals surface area contributed by atoms with Crippen LogP contribution in [0, 0.1) is 13.8 Å². The van der Waals surface area contributed by atoms with Gasteiger partial charge in [0.1, 0.15) is 4.99 Å². The lowest BCUT2D eigenvalue weighted by atomic mass is 9.98. The van der Waals surface area contributed by atoms with Gasteiger partial charge < -0.3 is 15.8 Å². The molecule has 1 aliphatic carbocycles. The van der Waals surface area contributed by atoms with Gasteiger partial charge in [0.25, 0.3) is 0 Å². The van der Waals surface area contributed by atoms with E-state index in [0.717, 1.165) is 16.8 Å². The number of hydrogen-bond donors (Lipinski definition) is 2. The van der Waals surface area contributed by atoms with Crippen LogP contribution in [0.3, 0.4) is 0 Å². The number of aromatic nitrogens is 2. The van der Waals surface area contributed by atoms with E-state index in [0.29, 0.717) is 30.1 Å². The molecule has 0 radical (unpaired) electrons. The van der Waals surface area contributed by atoms with E-state index in [-0.39, 0.29) is 0 Å². The highest BCUT2D eigenvalue weighted by molar-refractivity contribution is 7.80. The van der Waals surface area contributed by atoms with Gasteiger partial charge >= 0.3 is 0 Å². The van der Waals surface area contributed by atoms with Crippen molar-refractivity contribution in [3.05, 3.63) is 16.8 Å². The highest BCUT2D eigenvalue weighted by Gasteiger charge is 2.15. The molecule has 5 nitrogen and oxygen atoms in total. The Morgan fingerprint density at radius 3 is 2.67 bits per heavy atom. The number of anilines is 1. The molecule has 1 aromatic rings. The van der Waals surface area contributed by atoms with Gasteiger partial charge in [0.05, 0.1) is 24.0 Å². The van der Waals surface area contributed by atoms with Crippen molar-refractivity contribution in [2.75, 3.05) is 18.5 Å². The third kappa shape index (κ3) is 4.35. The van der Waals surface area contributed by atoms with Crippen molar-refractivity contribution in [1.82, 2.24) is 10.2 Å². The first-order valence-electron chi connectivity index (χ1n) is 7.58. The van der Waals surface area contributed by atoms with Crippen LogP contribution < -0.4 is 11.1 Å². The highest BCUT2D eigenvalue weighted by Crippen LogP contribution is 2.20. The van der Waals surface area contributed by atoms with Gasteiger partial charge in [0.2, 0.25) is 0 Å². The maximum Gasteiger partial charge on any atom is 0.159 e. The SMILES string of the molecule is Cc1nnc(NCCOC2CCCCC2)c(C(N)=S)c1C. The quantitative estimate of drug-likeness (QED) is 0.621. The summed E-state index contributed by atoms with van der Waals surface area (Å²) in [6.45, 7) is 5.21. The Kier molecular flexibility index (Phi) is 5.87. The molecular formula is C15H24N4OS. The zero-order valence-corrected chi connectivity index (χ0v) is 13.6. The molecular weight excluding hydrogens is 284 g/mol. The van der Waals surface area contributed by atoms with Gasteiger partial charge in [-0.3, -0.25) is 0 Å². The minimum atomic E-state index is 0.348. The molecule has 116 valence electrons. The van der Waals surface area contributed by atoms with Crippen molar-refractivity contribution < 1.29 is 4.74 Å². The first kappa shape index (κ1) is 16.1. The van der Waals surface area contributed by atoms with Crippen LogP contribution in [-0.4, -0.2) is 34.4 Å². The molecule has 0 amide bonds. The second kappa shape index (κ2) is 7.66. The molecule has 2 rings (SSSR count). The largest absolute Gasteiger partial charge is 0.389 e.